The van der Waals surface area contributed by atoms with Crippen molar-refractivity contribution in [2.75, 3.05) is 6.61 Å². The average molecular weight is 539 g/mol. The summed E-state index contributed by atoms with van der Waals surface area (Å²) in [6, 6.07) is 0. The van der Waals surface area contributed by atoms with E-state index >= 15 is 0 Å². The fourth-order valence-electron chi connectivity index (χ4n) is 8.95. The van der Waals surface area contributed by atoms with Gasteiger partial charge in [-0.25, -0.2) is 0 Å². The topological polar surface area (TPSA) is 63.6 Å². The molecular weight excluding hydrogens is 484 g/mol. The van der Waals surface area contributed by atoms with Crippen molar-refractivity contribution < 1.29 is 19.4 Å². The van der Waals surface area contributed by atoms with Crippen LogP contribution in [0.5, 0.6) is 0 Å². The first-order chi connectivity index (χ1) is 18.8. The first kappa shape index (κ1) is 30.4. The molecule has 0 unspecified atom stereocenters. The van der Waals surface area contributed by atoms with E-state index in [-0.39, 0.29) is 22.6 Å². The van der Waals surface area contributed by atoms with Gasteiger partial charge in [-0.1, -0.05) is 83.6 Å². The van der Waals surface area contributed by atoms with Gasteiger partial charge in [-0.3, -0.25) is 9.59 Å². The summed E-state index contributed by atoms with van der Waals surface area (Å²) < 4.78 is 6.07. The molecule has 0 aliphatic heterocycles. The van der Waals surface area contributed by atoms with E-state index in [1.54, 1.807) is 0 Å². The maximum absolute atomic E-state index is 12.9. The second kappa shape index (κ2) is 13.4. The molecule has 0 amide bonds. The first-order valence-electron chi connectivity index (χ1n) is 16.4. The van der Waals surface area contributed by atoms with Crippen molar-refractivity contribution in [3.8, 4) is 11.8 Å². The molecule has 0 aromatic heterocycles. The van der Waals surface area contributed by atoms with Crippen LogP contribution in [0.2, 0.25) is 0 Å². The second-order valence-electron chi connectivity index (χ2n) is 13.5. The monoisotopic (exact) mass is 538 g/mol. The summed E-state index contributed by atoms with van der Waals surface area (Å²) in [5.41, 5.74) is -0.0525. The molecule has 1 N–H and O–H groups in total. The van der Waals surface area contributed by atoms with Crippen molar-refractivity contribution in [1.29, 1.82) is 0 Å². The normalized spacial score (nSPS) is 35.2. The molecule has 3 fully saturated rings. The molecule has 3 saturated carbocycles. The molecule has 0 aromatic rings. The Kier molecular flexibility index (Phi) is 10.4. The largest absolute Gasteiger partial charge is 0.465 e. The lowest BCUT2D eigenvalue weighted by Gasteiger charge is -2.59. The Labute approximate surface area is 238 Å². The zero-order chi connectivity index (χ0) is 27.9. The molecule has 218 valence electrons. The van der Waals surface area contributed by atoms with Gasteiger partial charge in [0.1, 0.15) is 12.2 Å². The minimum absolute atomic E-state index is 0.0728. The van der Waals surface area contributed by atoms with E-state index in [0.717, 1.165) is 64.2 Å². The minimum Gasteiger partial charge on any atom is -0.465 e. The summed E-state index contributed by atoms with van der Waals surface area (Å²) in [6.45, 7) is 6.99. The van der Waals surface area contributed by atoms with Gasteiger partial charge in [0.2, 0.25) is 0 Å². The van der Waals surface area contributed by atoms with Gasteiger partial charge in [-0.15, -0.1) is 5.92 Å². The lowest BCUT2D eigenvalue weighted by molar-refractivity contribution is -0.154. The fraction of sp³-hybridized carbons (Fsp3) is 0.829. The van der Waals surface area contributed by atoms with Crippen LogP contribution in [0.1, 0.15) is 143 Å². The smallest absolute Gasteiger partial charge is 0.305 e. The van der Waals surface area contributed by atoms with Gasteiger partial charge in [0.25, 0.3) is 0 Å². The predicted octanol–water partition coefficient (Wildman–Crippen LogP) is 8.11. The van der Waals surface area contributed by atoms with Crippen LogP contribution in [0.3, 0.4) is 0 Å². The lowest BCUT2D eigenvalue weighted by atomic mass is 9.46. The van der Waals surface area contributed by atoms with Crippen LogP contribution in [0.25, 0.3) is 0 Å². The number of fused-ring (bicyclic) bond motifs is 5. The molecule has 0 radical (unpaired) electrons. The van der Waals surface area contributed by atoms with Gasteiger partial charge in [0.05, 0.1) is 0 Å². The molecule has 39 heavy (non-hydrogen) atoms. The van der Waals surface area contributed by atoms with Crippen LogP contribution >= 0.6 is 0 Å². The van der Waals surface area contributed by atoms with Crippen molar-refractivity contribution in [3.63, 3.8) is 0 Å². The Morgan fingerprint density at radius 2 is 1.64 bits per heavy atom. The number of hydrogen-bond acceptors (Lipinski definition) is 4. The average Bonchev–Trinajstić information content (AvgIpc) is 3.20. The van der Waals surface area contributed by atoms with Gasteiger partial charge < -0.3 is 9.84 Å². The molecule has 0 saturated heterocycles. The fourth-order valence-corrected chi connectivity index (χ4v) is 8.95. The van der Waals surface area contributed by atoms with Gasteiger partial charge in [0, 0.05) is 30.1 Å². The summed E-state index contributed by atoms with van der Waals surface area (Å²) in [6.07, 6.45) is 21.3. The van der Waals surface area contributed by atoms with E-state index in [9.17, 15) is 14.7 Å². The molecule has 4 aliphatic rings. The van der Waals surface area contributed by atoms with Gasteiger partial charge in [-0.2, -0.15) is 0 Å². The van der Waals surface area contributed by atoms with Crippen LogP contribution < -0.4 is 0 Å². The van der Waals surface area contributed by atoms with E-state index in [0.29, 0.717) is 37.2 Å². The second-order valence-corrected chi connectivity index (χ2v) is 13.5. The number of unbranched alkanes of at least 4 members (excludes halogenated alkanes) is 8. The van der Waals surface area contributed by atoms with E-state index < -0.39 is 5.60 Å². The molecule has 0 heterocycles. The third-order valence-electron chi connectivity index (χ3n) is 11.3. The van der Waals surface area contributed by atoms with E-state index in [1.165, 1.54) is 50.5 Å². The van der Waals surface area contributed by atoms with Crippen molar-refractivity contribution in [2.45, 2.75) is 148 Å². The van der Waals surface area contributed by atoms with Gasteiger partial charge in [0.15, 0.2) is 5.78 Å². The SMILES string of the molecule is CCC#C[C@]1(O)CC[C@H]2[C@@H]3CCC4=CC(=O)CC[C@]4(COC(=O)CCCCCCCCCCC)[C@H]3CC[C@@]21C. The molecule has 4 rings (SSSR count). The number of ketones is 1. The summed E-state index contributed by atoms with van der Waals surface area (Å²) in [5.74, 6) is 7.95. The Morgan fingerprint density at radius 1 is 0.949 bits per heavy atom. The highest BCUT2D eigenvalue weighted by atomic mass is 16.5. The number of ether oxygens (including phenoxy) is 1. The van der Waals surface area contributed by atoms with E-state index in [4.69, 9.17) is 4.74 Å². The molecule has 0 bridgehead atoms. The number of esters is 1. The third-order valence-corrected chi connectivity index (χ3v) is 11.3. The summed E-state index contributed by atoms with van der Waals surface area (Å²) in [7, 11) is 0. The number of carbonyl (C=O) groups is 2. The first-order valence-corrected chi connectivity index (χ1v) is 16.4. The molecule has 0 aromatic carbocycles. The Morgan fingerprint density at radius 3 is 2.36 bits per heavy atom. The van der Waals surface area contributed by atoms with Crippen molar-refractivity contribution in [2.24, 2.45) is 28.6 Å². The summed E-state index contributed by atoms with van der Waals surface area (Å²) in [5, 5.41) is 11.7. The Balaban J connectivity index is 1.37. The van der Waals surface area contributed by atoms with Crippen molar-refractivity contribution in [3.05, 3.63) is 11.6 Å². The predicted molar refractivity (Wildman–Crippen MR) is 157 cm³/mol. The maximum Gasteiger partial charge on any atom is 0.305 e. The quantitative estimate of drug-likeness (QED) is 0.155. The van der Waals surface area contributed by atoms with Crippen LogP contribution in [0.15, 0.2) is 11.6 Å². The Hall–Kier alpha value is -1.60. The zero-order valence-electron chi connectivity index (χ0n) is 25.1. The maximum atomic E-state index is 12.9. The molecule has 0 spiro atoms. The highest BCUT2D eigenvalue weighted by Crippen LogP contribution is 2.67. The van der Waals surface area contributed by atoms with Crippen molar-refractivity contribution in [1.82, 2.24) is 0 Å². The zero-order valence-corrected chi connectivity index (χ0v) is 25.1. The third kappa shape index (κ3) is 6.34. The highest BCUT2D eigenvalue weighted by molar-refractivity contribution is 5.91. The van der Waals surface area contributed by atoms with Crippen LogP contribution in [-0.4, -0.2) is 29.1 Å². The van der Waals surface area contributed by atoms with Crippen LogP contribution in [0, 0.1) is 40.4 Å². The van der Waals surface area contributed by atoms with Crippen molar-refractivity contribution >= 4 is 11.8 Å². The molecule has 4 heteroatoms. The number of aliphatic hydroxyl groups is 1. The number of carbonyl (C=O) groups excluding carboxylic acids is 2. The minimum atomic E-state index is -0.896. The molecule has 4 aliphatic carbocycles. The molecule has 6 atom stereocenters. The molecule has 4 nitrogen and oxygen atoms in total. The number of hydrogen-bond donors (Lipinski definition) is 1. The van der Waals surface area contributed by atoms with Gasteiger partial charge in [-0.05, 0) is 75.2 Å². The van der Waals surface area contributed by atoms with Gasteiger partial charge >= 0.3 is 5.97 Å². The lowest BCUT2D eigenvalue weighted by Crippen LogP contribution is -2.56. The van der Waals surface area contributed by atoms with Crippen LogP contribution in [0.4, 0.5) is 0 Å². The van der Waals surface area contributed by atoms with E-state index in [1.807, 2.05) is 13.0 Å². The molecular formula is C35H54O4. The van der Waals surface area contributed by atoms with Crippen LogP contribution in [-0.2, 0) is 14.3 Å². The summed E-state index contributed by atoms with van der Waals surface area (Å²) in [4.78, 5) is 25.3. The van der Waals surface area contributed by atoms with E-state index in [2.05, 4.69) is 25.7 Å². The Bertz CT molecular complexity index is 955. The highest BCUT2D eigenvalue weighted by Gasteiger charge is 2.64. The number of rotatable bonds is 12. The summed E-state index contributed by atoms with van der Waals surface area (Å²) >= 11 is 0. The standard InChI is InChI=1S/C35H54O4/c1-4-6-8-9-10-11-12-13-14-15-32(37)39-26-34-23-18-28(36)25-27(34)16-17-29-30-20-24-35(38,21-7-5-2)33(30,3)22-19-31(29)34/h25,29-31,38H,4-6,8-20,22-24,26H2,1-3H3/t29-,30-,31-,33-,34+,35-/m0/s1.